The zero-order chi connectivity index (χ0) is 11.8. The lowest BCUT2D eigenvalue weighted by atomic mass is 10.1. The summed E-state index contributed by atoms with van der Waals surface area (Å²) in [6, 6.07) is 9.60. The number of aliphatic hydroxyl groups excluding tert-OH is 1. The molecule has 4 nitrogen and oxygen atoms in total. The first kappa shape index (κ1) is 11.1. The minimum Gasteiger partial charge on any atom is -0.392 e. The van der Waals surface area contributed by atoms with Crippen molar-refractivity contribution in [1.82, 2.24) is 0 Å². The van der Waals surface area contributed by atoms with Crippen molar-refractivity contribution in [3.05, 3.63) is 42.0 Å². The quantitative estimate of drug-likeness (QED) is 0.779. The summed E-state index contributed by atoms with van der Waals surface area (Å²) in [5, 5.41) is 10.1. The van der Waals surface area contributed by atoms with Crippen LogP contribution in [0.1, 0.15) is 5.56 Å². The van der Waals surface area contributed by atoms with E-state index in [0.29, 0.717) is 16.3 Å². The van der Waals surface area contributed by atoms with Gasteiger partial charge in [-0.1, -0.05) is 24.3 Å². The molecule has 2 N–H and O–H groups in total. The average Bonchev–Trinajstić information content (AvgIpc) is 2.26. The number of benzene rings is 2. The van der Waals surface area contributed by atoms with Crippen molar-refractivity contribution in [2.24, 2.45) is 0 Å². The van der Waals surface area contributed by atoms with E-state index in [0.717, 1.165) is 0 Å². The predicted molar refractivity (Wildman–Crippen MR) is 59.7 cm³/mol. The van der Waals surface area contributed by atoms with E-state index >= 15 is 0 Å². The molecular formula is C11H10O4S. The fourth-order valence-electron chi connectivity index (χ4n) is 1.61. The van der Waals surface area contributed by atoms with Crippen molar-refractivity contribution in [2.45, 2.75) is 11.5 Å². The molecule has 0 radical (unpaired) electrons. The highest BCUT2D eigenvalue weighted by atomic mass is 32.2. The van der Waals surface area contributed by atoms with Gasteiger partial charge in [-0.15, -0.1) is 0 Å². The van der Waals surface area contributed by atoms with Gasteiger partial charge in [-0.2, -0.15) is 8.42 Å². The van der Waals surface area contributed by atoms with E-state index in [1.54, 1.807) is 30.3 Å². The molecule has 2 rings (SSSR count). The SMILES string of the molecule is O=S(=O)(O)c1cccc2ccc(CO)cc12. The molecule has 0 bridgehead atoms. The molecule has 2 aromatic rings. The van der Waals surface area contributed by atoms with E-state index in [2.05, 4.69) is 0 Å². The lowest BCUT2D eigenvalue weighted by Crippen LogP contribution is -1.99. The van der Waals surface area contributed by atoms with Crippen molar-refractivity contribution in [3.63, 3.8) is 0 Å². The van der Waals surface area contributed by atoms with Gasteiger partial charge in [0.05, 0.1) is 6.61 Å². The van der Waals surface area contributed by atoms with Crippen molar-refractivity contribution in [2.75, 3.05) is 0 Å². The summed E-state index contributed by atoms with van der Waals surface area (Å²) in [5.41, 5.74) is 0.601. The summed E-state index contributed by atoms with van der Waals surface area (Å²) in [5.74, 6) is 0. The summed E-state index contributed by atoms with van der Waals surface area (Å²) in [6.07, 6.45) is 0. The Morgan fingerprint density at radius 1 is 1.12 bits per heavy atom. The molecule has 0 heterocycles. The van der Waals surface area contributed by atoms with Crippen LogP contribution in [0.2, 0.25) is 0 Å². The second-order valence-electron chi connectivity index (χ2n) is 3.44. The third-order valence-corrected chi connectivity index (χ3v) is 3.28. The van der Waals surface area contributed by atoms with Crippen molar-refractivity contribution >= 4 is 20.9 Å². The van der Waals surface area contributed by atoms with E-state index in [1.807, 2.05) is 0 Å². The van der Waals surface area contributed by atoms with E-state index in [4.69, 9.17) is 9.66 Å². The number of hydrogen-bond acceptors (Lipinski definition) is 3. The third kappa shape index (κ3) is 1.92. The Bertz CT molecular complexity index is 631. The molecule has 0 atom stereocenters. The first-order chi connectivity index (χ1) is 7.52. The molecule has 0 saturated heterocycles. The minimum atomic E-state index is -4.24. The lowest BCUT2D eigenvalue weighted by molar-refractivity contribution is 0.282. The highest BCUT2D eigenvalue weighted by molar-refractivity contribution is 7.86. The standard InChI is InChI=1S/C11H10O4S/c12-7-8-4-5-9-2-1-3-11(10(9)6-8)16(13,14)15/h1-6,12H,7H2,(H,13,14,15). The second kappa shape index (κ2) is 3.86. The van der Waals surface area contributed by atoms with Crippen molar-refractivity contribution in [1.29, 1.82) is 0 Å². The zero-order valence-corrected chi connectivity index (χ0v) is 9.11. The summed E-state index contributed by atoms with van der Waals surface area (Å²) in [4.78, 5) is -0.139. The van der Waals surface area contributed by atoms with Crippen LogP contribution < -0.4 is 0 Å². The van der Waals surface area contributed by atoms with Crippen LogP contribution in [0.15, 0.2) is 41.3 Å². The summed E-state index contributed by atoms with van der Waals surface area (Å²) < 4.78 is 31.3. The number of rotatable bonds is 2. The molecule has 0 unspecified atom stereocenters. The average molecular weight is 238 g/mol. The zero-order valence-electron chi connectivity index (χ0n) is 8.29. The Kier molecular flexibility index (Phi) is 2.67. The fraction of sp³-hybridized carbons (Fsp3) is 0.0909. The van der Waals surface area contributed by atoms with Crippen LogP contribution in [0.25, 0.3) is 10.8 Å². The molecule has 0 amide bonds. The summed E-state index contributed by atoms with van der Waals surface area (Å²) >= 11 is 0. The second-order valence-corrected chi connectivity index (χ2v) is 4.83. The van der Waals surface area contributed by atoms with Gasteiger partial charge >= 0.3 is 0 Å². The van der Waals surface area contributed by atoms with Gasteiger partial charge in [0.15, 0.2) is 0 Å². The molecule has 84 valence electrons. The molecule has 0 saturated carbocycles. The fourth-order valence-corrected chi connectivity index (χ4v) is 2.32. The molecule has 0 aromatic heterocycles. The largest absolute Gasteiger partial charge is 0.392 e. The van der Waals surface area contributed by atoms with Gasteiger partial charge < -0.3 is 5.11 Å². The molecule has 0 aliphatic rings. The van der Waals surface area contributed by atoms with Gasteiger partial charge in [0.2, 0.25) is 0 Å². The van der Waals surface area contributed by atoms with Gasteiger partial charge in [0.1, 0.15) is 4.90 Å². The maximum absolute atomic E-state index is 11.1. The highest BCUT2D eigenvalue weighted by Crippen LogP contribution is 2.24. The van der Waals surface area contributed by atoms with Crippen LogP contribution in [0.4, 0.5) is 0 Å². The first-order valence-corrected chi connectivity index (χ1v) is 6.06. The normalized spacial score (nSPS) is 11.9. The van der Waals surface area contributed by atoms with E-state index in [-0.39, 0.29) is 11.5 Å². The Hall–Kier alpha value is -1.43. The smallest absolute Gasteiger partial charge is 0.295 e. The van der Waals surface area contributed by atoms with Crippen molar-refractivity contribution in [3.8, 4) is 0 Å². The molecular weight excluding hydrogens is 228 g/mol. The van der Waals surface area contributed by atoms with Crippen LogP contribution in [0, 0.1) is 0 Å². The Balaban J connectivity index is 2.85. The first-order valence-electron chi connectivity index (χ1n) is 4.62. The Morgan fingerprint density at radius 2 is 1.88 bits per heavy atom. The van der Waals surface area contributed by atoms with Crippen LogP contribution in [-0.4, -0.2) is 18.1 Å². The molecule has 0 aliphatic heterocycles. The van der Waals surface area contributed by atoms with E-state index in [1.165, 1.54) is 6.07 Å². The lowest BCUT2D eigenvalue weighted by Gasteiger charge is -2.05. The van der Waals surface area contributed by atoms with Crippen LogP contribution in [0.5, 0.6) is 0 Å². The van der Waals surface area contributed by atoms with Gasteiger partial charge in [-0.3, -0.25) is 4.55 Å². The molecule has 0 aliphatic carbocycles. The molecule has 16 heavy (non-hydrogen) atoms. The maximum Gasteiger partial charge on any atom is 0.295 e. The van der Waals surface area contributed by atoms with E-state index in [9.17, 15) is 8.42 Å². The van der Waals surface area contributed by atoms with Gasteiger partial charge in [0, 0.05) is 5.39 Å². The van der Waals surface area contributed by atoms with E-state index < -0.39 is 10.1 Å². The third-order valence-electron chi connectivity index (χ3n) is 2.37. The van der Waals surface area contributed by atoms with Crippen LogP contribution >= 0.6 is 0 Å². The number of hydrogen-bond donors (Lipinski definition) is 2. The van der Waals surface area contributed by atoms with Gasteiger partial charge in [-0.25, -0.2) is 0 Å². The summed E-state index contributed by atoms with van der Waals surface area (Å²) in [6.45, 7) is -0.171. The minimum absolute atomic E-state index is 0.139. The monoisotopic (exact) mass is 238 g/mol. The number of aliphatic hydroxyl groups is 1. The van der Waals surface area contributed by atoms with Gasteiger partial charge in [-0.05, 0) is 23.1 Å². The summed E-state index contributed by atoms with van der Waals surface area (Å²) in [7, 11) is -4.24. The van der Waals surface area contributed by atoms with Gasteiger partial charge in [0.25, 0.3) is 10.1 Å². The molecule has 2 aromatic carbocycles. The topological polar surface area (TPSA) is 74.6 Å². The molecule has 0 fully saturated rings. The van der Waals surface area contributed by atoms with Crippen molar-refractivity contribution < 1.29 is 18.1 Å². The predicted octanol–water partition coefficient (Wildman–Crippen LogP) is 1.58. The Labute approximate surface area is 92.9 Å². The highest BCUT2D eigenvalue weighted by Gasteiger charge is 2.13. The Morgan fingerprint density at radius 3 is 2.50 bits per heavy atom. The molecule has 5 heteroatoms. The molecule has 0 spiro atoms. The van der Waals surface area contributed by atoms with Crippen LogP contribution in [0.3, 0.4) is 0 Å². The van der Waals surface area contributed by atoms with Crippen LogP contribution in [-0.2, 0) is 16.7 Å². The number of fused-ring (bicyclic) bond motifs is 1. The maximum atomic E-state index is 11.1.